The van der Waals surface area contributed by atoms with Crippen LogP contribution in [-0.4, -0.2) is 17.1 Å². The second-order valence-electron chi connectivity index (χ2n) is 4.55. The summed E-state index contributed by atoms with van der Waals surface area (Å²) in [5.74, 6) is 0.477. The lowest BCUT2D eigenvalue weighted by atomic mass is 10.3. The fourth-order valence-electron chi connectivity index (χ4n) is 1.65. The van der Waals surface area contributed by atoms with Gasteiger partial charge in [-0.15, -0.1) is 11.3 Å². The van der Waals surface area contributed by atoms with Crippen molar-refractivity contribution in [2.75, 3.05) is 5.32 Å². The van der Waals surface area contributed by atoms with Crippen LogP contribution in [0.4, 0.5) is 5.69 Å². The van der Waals surface area contributed by atoms with Crippen LogP contribution < -0.4 is 15.4 Å². The third-order valence-electron chi connectivity index (χ3n) is 2.47. The van der Waals surface area contributed by atoms with Crippen LogP contribution in [-0.2, 0) is 0 Å². The van der Waals surface area contributed by atoms with Gasteiger partial charge in [0.1, 0.15) is 5.75 Å². The van der Waals surface area contributed by atoms with Crippen LogP contribution in [0.5, 0.6) is 5.75 Å². The molecule has 21 heavy (non-hydrogen) atoms. The molecule has 1 aromatic heterocycles. The third kappa shape index (κ3) is 4.54. The fraction of sp³-hybridized carbons (Fsp3) is 0.200. The summed E-state index contributed by atoms with van der Waals surface area (Å²) in [6, 6.07) is 11.0. The third-order valence-corrected chi connectivity index (χ3v) is 3.54. The Labute approximate surface area is 133 Å². The van der Waals surface area contributed by atoms with Crippen molar-refractivity contribution in [3.8, 4) is 5.75 Å². The molecule has 0 atom stereocenters. The summed E-state index contributed by atoms with van der Waals surface area (Å²) in [5, 5.41) is 7.72. The molecular weight excluding hydrogens is 304 g/mol. The molecule has 0 unspecified atom stereocenters. The molecule has 0 spiro atoms. The largest absolute Gasteiger partial charge is 0.489 e. The smallest absolute Gasteiger partial charge is 0.267 e. The molecule has 2 rings (SSSR count). The topological polar surface area (TPSA) is 50.4 Å². The Kier molecular flexibility index (Phi) is 5.30. The van der Waals surface area contributed by atoms with Crippen molar-refractivity contribution in [1.82, 2.24) is 5.32 Å². The zero-order valence-corrected chi connectivity index (χ0v) is 13.4. The Morgan fingerprint density at radius 2 is 2.00 bits per heavy atom. The van der Waals surface area contributed by atoms with Crippen LogP contribution in [0.2, 0.25) is 0 Å². The molecule has 0 radical (unpaired) electrons. The molecule has 2 N–H and O–H groups in total. The van der Waals surface area contributed by atoms with E-state index in [9.17, 15) is 4.79 Å². The van der Waals surface area contributed by atoms with E-state index in [0.717, 1.165) is 5.69 Å². The molecule has 0 bridgehead atoms. The molecule has 1 heterocycles. The number of carbonyl (C=O) groups excluding carboxylic acids is 1. The van der Waals surface area contributed by atoms with Gasteiger partial charge in [0.25, 0.3) is 5.91 Å². The van der Waals surface area contributed by atoms with Gasteiger partial charge in [-0.2, -0.15) is 0 Å². The Bertz CT molecular complexity index is 624. The highest BCUT2D eigenvalue weighted by Crippen LogP contribution is 2.24. The van der Waals surface area contributed by atoms with E-state index in [-0.39, 0.29) is 17.1 Å². The lowest BCUT2D eigenvalue weighted by molar-refractivity contribution is 0.0981. The summed E-state index contributed by atoms with van der Waals surface area (Å²) in [6.07, 6.45) is 0.0576. The maximum atomic E-state index is 11.9. The molecule has 110 valence electrons. The molecule has 0 fully saturated rings. The molecule has 6 heteroatoms. The second-order valence-corrected chi connectivity index (χ2v) is 5.90. The second kappa shape index (κ2) is 7.19. The molecule has 1 aromatic carbocycles. The van der Waals surface area contributed by atoms with Crippen molar-refractivity contribution < 1.29 is 9.53 Å². The fourth-order valence-corrected chi connectivity index (χ4v) is 2.47. The zero-order valence-electron chi connectivity index (χ0n) is 11.8. The molecule has 4 nitrogen and oxygen atoms in total. The van der Waals surface area contributed by atoms with Gasteiger partial charge >= 0.3 is 0 Å². The predicted octanol–water partition coefficient (Wildman–Crippen LogP) is 3.66. The number of nitrogens with one attached hydrogen (secondary N) is 2. The van der Waals surface area contributed by atoms with Crippen LogP contribution in [0, 0.1) is 0 Å². The minimum absolute atomic E-state index is 0.0576. The first-order valence-corrected chi connectivity index (χ1v) is 7.76. The number of ether oxygens (including phenoxy) is 1. The van der Waals surface area contributed by atoms with E-state index in [4.69, 9.17) is 17.0 Å². The Morgan fingerprint density at radius 1 is 1.24 bits per heavy atom. The maximum absolute atomic E-state index is 11.9. The normalized spacial score (nSPS) is 10.2. The zero-order chi connectivity index (χ0) is 15.2. The van der Waals surface area contributed by atoms with Gasteiger partial charge in [-0.3, -0.25) is 10.1 Å². The SMILES string of the molecule is CC(C)Oc1ccccc1NC(=S)NC(=O)c1cccs1. The number of hydrogen-bond acceptors (Lipinski definition) is 4. The van der Waals surface area contributed by atoms with Gasteiger partial charge in [-0.05, 0) is 49.6 Å². The minimum atomic E-state index is -0.218. The van der Waals surface area contributed by atoms with Gasteiger partial charge < -0.3 is 10.1 Å². The molecule has 0 saturated heterocycles. The van der Waals surface area contributed by atoms with Crippen molar-refractivity contribution in [3.05, 3.63) is 46.7 Å². The van der Waals surface area contributed by atoms with E-state index < -0.39 is 0 Å². The molecule has 0 aliphatic heterocycles. The van der Waals surface area contributed by atoms with Gasteiger partial charge in [0.05, 0.1) is 16.7 Å². The average molecular weight is 320 g/mol. The van der Waals surface area contributed by atoms with Gasteiger partial charge in [0.2, 0.25) is 0 Å². The number of amides is 1. The lowest BCUT2D eigenvalue weighted by Gasteiger charge is -2.16. The van der Waals surface area contributed by atoms with Crippen molar-refractivity contribution >= 4 is 40.3 Å². The van der Waals surface area contributed by atoms with Crippen molar-refractivity contribution in [2.45, 2.75) is 20.0 Å². The first-order chi connectivity index (χ1) is 10.1. The number of rotatable bonds is 4. The number of hydrogen-bond donors (Lipinski definition) is 2. The predicted molar refractivity (Wildman–Crippen MR) is 90.2 cm³/mol. The highest BCUT2D eigenvalue weighted by Gasteiger charge is 2.11. The van der Waals surface area contributed by atoms with Crippen LogP contribution in [0.1, 0.15) is 23.5 Å². The monoisotopic (exact) mass is 320 g/mol. The van der Waals surface area contributed by atoms with E-state index >= 15 is 0 Å². The highest BCUT2D eigenvalue weighted by atomic mass is 32.1. The average Bonchev–Trinajstić information content (AvgIpc) is 2.94. The van der Waals surface area contributed by atoms with Crippen LogP contribution in [0.3, 0.4) is 0 Å². The summed E-state index contributed by atoms with van der Waals surface area (Å²) in [4.78, 5) is 12.5. The van der Waals surface area contributed by atoms with Crippen LogP contribution in [0.25, 0.3) is 0 Å². The highest BCUT2D eigenvalue weighted by molar-refractivity contribution is 7.80. The molecular formula is C15H16N2O2S2. The van der Waals surface area contributed by atoms with E-state index in [1.165, 1.54) is 11.3 Å². The quantitative estimate of drug-likeness (QED) is 0.844. The molecule has 2 aromatic rings. The molecule has 1 amide bonds. The van der Waals surface area contributed by atoms with E-state index in [1.54, 1.807) is 6.07 Å². The van der Waals surface area contributed by atoms with E-state index in [0.29, 0.717) is 10.6 Å². The maximum Gasteiger partial charge on any atom is 0.267 e. The standard InChI is InChI=1S/C15H16N2O2S2/c1-10(2)19-12-7-4-3-6-11(12)16-15(20)17-14(18)13-8-5-9-21-13/h3-10H,1-2H3,(H2,16,17,18,20). The Hall–Kier alpha value is -1.92. The van der Waals surface area contributed by atoms with E-state index in [2.05, 4.69) is 10.6 Å². The van der Waals surface area contributed by atoms with Gasteiger partial charge in [-0.1, -0.05) is 18.2 Å². The van der Waals surface area contributed by atoms with Crippen LogP contribution >= 0.6 is 23.6 Å². The van der Waals surface area contributed by atoms with Gasteiger partial charge in [0.15, 0.2) is 5.11 Å². The van der Waals surface area contributed by atoms with Crippen molar-refractivity contribution in [2.24, 2.45) is 0 Å². The first kappa shape index (κ1) is 15.5. The van der Waals surface area contributed by atoms with E-state index in [1.807, 2.05) is 49.6 Å². The van der Waals surface area contributed by atoms with Gasteiger partial charge in [-0.25, -0.2) is 0 Å². The summed E-state index contributed by atoms with van der Waals surface area (Å²) in [7, 11) is 0. The molecule has 0 aliphatic rings. The molecule has 0 saturated carbocycles. The van der Waals surface area contributed by atoms with Crippen molar-refractivity contribution in [1.29, 1.82) is 0 Å². The number of carbonyl (C=O) groups is 1. The number of thiocarbonyl (C=S) groups is 1. The Balaban J connectivity index is 2.01. The summed E-state index contributed by atoms with van der Waals surface area (Å²) in [6.45, 7) is 3.90. The first-order valence-electron chi connectivity index (χ1n) is 6.48. The number of thiophene rings is 1. The summed E-state index contributed by atoms with van der Waals surface area (Å²) in [5.41, 5.74) is 0.725. The number of benzene rings is 1. The number of anilines is 1. The Morgan fingerprint density at radius 3 is 2.67 bits per heavy atom. The van der Waals surface area contributed by atoms with Crippen molar-refractivity contribution in [3.63, 3.8) is 0 Å². The number of para-hydroxylation sites is 2. The van der Waals surface area contributed by atoms with Gasteiger partial charge in [0, 0.05) is 0 Å². The minimum Gasteiger partial charge on any atom is -0.489 e. The molecule has 0 aliphatic carbocycles. The lowest BCUT2D eigenvalue weighted by Crippen LogP contribution is -2.33. The summed E-state index contributed by atoms with van der Waals surface area (Å²) < 4.78 is 5.69. The van der Waals surface area contributed by atoms with Crippen LogP contribution in [0.15, 0.2) is 41.8 Å². The summed E-state index contributed by atoms with van der Waals surface area (Å²) >= 11 is 6.53.